The minimum Gasteiger partial charge on any atom is -0.337 e. The molecule has 0 aliphatic carbocycles. The quantitative estimate of drug-likeness (QED) is 0.833. The molecule has 4 rings (SSSR count). The maximum Gasteiger partial charge on any atom is 0.290 e. The van der Waals surface area contributed by atoms with Gasteiger partial charge in [-0.2, -0.15) is 0 Å². The van der Waals surface area contributed by atoms with E-state index in [1.54, 1.807) is 4.40 Å². The number of pyridine rings is 1. The Labute approximate surface area is 153 Å². The predicted molar refractivity (Wildman–Crippen MR) is 99.3 cm³/mol. The average Bonchev–Trinajstić information content (AvgIpc) is 2.87. The maximum atomic E-state index is 13.1. The number of hydrogen-bond donors (Lipinski definition) is 0. The summed E-state index contributed by atoms with van der Waals surface area (Å²) in [7, 11) is 0. The Kier molecular flexibility index (Phi) is 4.91. The Morgan fingerprint density at radius 2 is 1.35 bits per heavy atom. The van der Waals surface area contributed by atoms with Crippen LogP contribution in [-0.2, 0) is 0 Å². The van der Waals surface area contributed by atoms with E-state index in [1.165, 1.54) is 19.3 Å². The molecule has 4 heterocycles. The van der Waals surface area contributed by atoms with Gasteiger partial charge in [0.15, 0.2) is 5.69 Å². The monoisotopic (exact) mass is 354 g/mol. The van der Waals surface area contributed by atoms with Crippen LogP contribution in [0.15, 0.2) is 24.4 Å². The van der Waals surface area contributed by atoms with Crippen molar-refractivity contribution in [3.8, 4) is 0 Å². The largest absolute Gasteiger partial charge is 0.337 e. The van der Waals surface area contributed by atoms with E-state index in [0.29, 0.717) is 11.5 Å². The number of fused-ring (bicyclic) bond motifs is 1. The molecule has 2 aliphatic heterocycles. The number of hydrogen-bond acceptors (Lipinski definition) is 3. The van der Waals surface area contributed by atoms with Crippen molar-refractivity contribution in [3.05, 3.63) is 35.9 Å². The van der Waals surface area contributed by atoms with Crippen LogP contribution in [0, 0.1) is 0 Å². The van der Waals surface area contributed by atoms with Crippen LogP contribution in [0.1, 0.15) is 66.1 Å². The highest BCUT2D eigenvalue weighted by Crippen LogP contribution is 2.20. The fourth-order valence-electron chi connectivity index (χ4n) is 4.01. The third kappa shape index (κ3) is 3.20. The standard InChI is InChI=1S/C20H26N4O2/c25-19(22-11-5-1-2-6-12-22)17-16-10-4-9-15-24(16)18(21-17)20(26)23-13-7-3-8-14-23/h4,9-10,15H,1-3,5-8,11-14H2. The molecule has 6 heteroatoms. The van der Waals surface area contributed by atoms with Gasteiger partial charge in [0.25, 0.3) is 11.8 Å². The highest BCUT2D eigenvalue weighted by atomic mass is 16.2. The van der Waals surface area contributed by atoms with Gasteiger partial charge < -0.3 is 9.80 Å². The summed E-state index contributed by atoms with van der Waals surface area (Å²) in [6, 6.07) is 5.65. The number of likely N-dealkylation sites (tertiary alicyclic amines) is 2. The lowest BCUT2D eigenvalue weighted by molar-refractivity contribution is 0.0711. The summed E-state index contributed by atoms with van der Waals surface area (Å²) in [6.07, 6.45) is 9.50. The molecule has 0 spiro atoms. The van der Waals surface area contributed by atoms with Gasteiger partial charge in [-0.3, -0.25) is 14.0 Å². The van der Waals surface area contributed by atoms with E-state index in [1.807, 2.05) is 34.2 Å². The van der Waals surface area contributed by atoms with Crippen LogP contribution in [-0.4, -0.2) is 57.2 Å². The fourth-order valence-corrected chi connectivity index (χ4v) is 4.01. The summed E-state index contributed by atoms with van der Waals surface area (Å²) >= 11 is 0. The van der Waals surface area contributed by atoms with Gasteiger partial charge in [0.2, 0.25) is 5.82 Å². The van der Waals surface area contributed by atoms with Crippen molar-refractivity contribution in [2.75, 3.05) is 26.2 Å². The first kappa shape index (κ1) is 17.1. The molecule has 0 bridgehead atoms. The van der Waals surface area contributed by atoms with Crippen LogP contribution in [0.2, 0.25) is 0 Å². The van der Waals surface area contributed by atoms with Gasteiger partial charge in [-0.05, 0) is 44.2 Å². The van der Waals surface area contributed by atoms with Crippen molar-refractivity contribution in [2.24, 2.45) is 0 Å². The van der Waals surface area contributed by atoms with E-state index in [0.717, 1.165) is 57.4 Å². The molecule has 2 aromatic heterocycles. The van der Waals surface area contributed by atoms with Gasteiger partial charge in [0, 0.05) is 32.4 Å². The summed E-state index contributed by atoms with van der Waals surface area (Å²) < 4.78 is 1.78. The second-order valence-corrected chi connectivity index (χ2v) is 7.30. The summed E-state index contributed by atoms with van der Waals surface area (Å²) in [5.74, 6) is 0.245. The molecule has 26 heavy (non-hydrogen) atoms. The van der Waals surface area contributed by atoms with Crippen molar-refractivity contribution in [3.63, 3.8) is 0 Å². The maximum absolute atomic E-state index is 13.1. The van der Waals surface area contributed by atoms with Gasteiger partial charge in [-0.25, -0.2) is 4.98 Å². The summed E-state index contributed by atoms with van der Waals surface area (Å²) in [5.41, 5.74) is 1.13. The lowest BCUT2D eigenvalue weighted by atomic mass is 10.1. The van der Waals surface area contributed by atoms with Crippen LogP contribution < -0.4 is 0 Å². The minimum absolute atomic E-state index is 0.0479. The highest BCUT2D eigenvalue weighted by molar-refractivity contribution is 6.02. The molecule has 2 amide bonds. The number of carbonyl (C=O) groups excluding carboxylic acids is 2. The topological polar surface area (TPSA) is 57.9 Å². The summed E-state index contributed by atoms with van der Waals surface area (Å²) in [4.78, 5) is 34.4. The molecule has 0 unspecified atom stereocenters. The van der Waals surface area contributed by atoms with Crippen LogP contribution in [0.25, 0.3) is 5.52 Å². The second kappa shape index (κ2) is 7.48. The number of nitrogens with zero attached hydrogens (tertiary/aromatic N) is 4. The molecule has 0 atom stereocenters. The molecule has 0 saturated carbocycles. The van der Waals surface area contributed by atoms with Gasteiger partial charge in [-0.15, -0.1) is 0 Å². The van der Waals surface area contributed by atoms with Gasteiger partial charge in [0.05, 0.1) is 5.52 Å². The smallest absolute Gasteiger partial charge is 0.290 e. The van der Waals surface area contributed by atoms with Gasteiger partial charge >= 0.3 is 0 Å². The van der Waals surface area contributed by atoms with Crippen molar-refractivity contribution in [2.45, 2.75) is 44.9 Å². The zero-order chi connectivity index (χ0) is 17.9. The van der Waals surface area contributed by atoms with Crippen molar-refractivity contribution < 1.29 is 9.59 Å². The molecule has 138 valence electrons. The molecule has 2 fully saturated rings. The Morgan fingerprint density at radius 1 is 0.769 bits per heavy atom. The first-order valence-electron chi connectivity index (χ1n) is 9.81. The molecule has 6 nitrogen and oxygen atoms in total. The van der Waals surface area contributed by atoms with E-state index < -0.39 is 0 Å². The number of piperidine rings is 1. The molecule has 0 radical (unpaired) electrons. The number of imidazole rings is 1. The van der Waals surface area contributed by atoms with E-state index in [2.05, 4.69) is 4.98 Å². The predicted octanol–water partition coefficient (Wildman–Crippen LogP) is 2.98. The molecule has 2 saturated heterocycles. The fraction of sp³-hybridized carbons (Fsp3) is 0.550. The lowest BCUT2D eigenvalue weighted by Gasteiger charge is -2.25. The Hall–Kier alpha value is -2.37. The third-order valence-corrected chi connectivity index (χ3v) is 5.48. The molecular formula is C20H26N4O2. The molecule has 2 aromatic rings. The SMILES string of the molecule is O=C(c1nc(C(=O)N2CCCCC2)n2ccccc12)N1CCCCCC1. The Morgan fingerprint density at radius 3 is 2.00 bits per heavy atom. The minimum atomic E-state index is -0.0687. The van der Waals surface area contributed by atoms with Gasteiger partial charge in [0.1, 0.15) is 0 Å². The van der Waals surface area contributed by atoms with E-state index in [9.17, 15) is 9.59 Å². The zero-order valence-corrected chi connectivity index (χ0v) is 15.2. The first-order chi connectivity index (χ1) is 12.8. The Bertz CT molecular complexity index is 799. The lowest BCUT2D eigenvalue weighted by Crippen LogP contribution is -2.36. The van der Waals surface area contributed by atoms with Crippen LogP contribution in [0.4, 0.5) is 0 Å². The number of rotatable bonds is 2. The summed E-state index contributed by atoms with van der Waals surface area (Å²) in [6.45, 7) is 3.10. The van der Waals surface area contributed by atoms with Crippen molar-refractivity contribution in [1.29, 1.82) is 0 Å². The average molecular weight is 354 g/mol. The van der Waals surface area contributed by atoms with E-state index in [4.69, 9.17) is 0 Å². The molecule has 0 aromatic carbocycles. The highest BCUT2D eigenvalue weighted by Gasteiger charge is 2.28. The van der Waals surface area contributed by atoms with Crippen molar-refractivity contribution in [1.82, 2.24) is 19.2 Å². The van der Waals surface area contributed by atoms with Gasteiger partial charge in [-0.1, -0.05) is 18.9 Å². The second-order valence-electron chi connectivity index (χ2n) is 7.30. The zero-order valence-electron chi connectivity index (χ0n) is 15.2. The summed E-state index contributed by atoms with van der Waals surface area (Å²) in [5, 5.41) is 0. The van der Waals surface area contributed by atoms with E-state index in [-0.39, 0.29) is 11.8 Å². The van der Waals surface area contributed by atoms with E-state index >= 15 is 0 Å². The molecule has 2 aliphatic rings. The third-order valence-electron chi connectivity index (χ3n) is 5.48. The van der Waals surface area contributed by atoms with Crippen molar-refractivity contribution >= 4 is 17.3 Å². The normalized spacial score (nSPS) is 18.8. The van der Waals surface area contributed by atoms with Crippen LogP contribution in [0.5, 0.6) is 0 Å². The first-order valence-corrected chi connectivity index (χ1v) is 9.81. The number of carbonyl (C=O) groups is 2. The van der Waals surface area contributed by atoms with Crippen LogP contribution >= 0.6 is 0 Å². The Balaban J connectivity index is 1.69. The molecular weight excluding hydrogens is 328 g/mol. The number of amides is 2. The van der Waals surface area contributed by atoms with Crippen LogP contribution in [0.3, 0.4) is 0 Å². The molecule has 0 N–H and O–H groups in total. The number of aromatic nitrogens is 2.